The second-order valence-corrected chi connectivity index (χ2v) is 5.06. The van der Waals surface area contributed by atoms with Gasteiger partial charge in [0.05, 0.1) is 0 Å². The monoisotopic (exact) mass is 319 g/mol. The van der Waals surface area contributed by atoms with Crippen LogP contribution in [0.4, 0.5) is 5.69 Å². The number of anilines is 1. The van der Waals surface area contributed by atoms with E-state index in [2.05, 4.69) is 21.2 Å². The fourth-order valence-corrected chi connectivity index (χ4v) is 2.23. The summed E-state index contributed by atoms with van der Waals surface area (Å²) in [7, 11) is 0. The van der Waals surface area contributed by atoms with Crippen molar-refractivity contribution < 1.29 is 9.90 Å². The summed E-state index contributed by atoms with van der Waals surface area (Å²) < 4.78 is 0.886. The molecule has 0 bridgehead atoms. The van der Waals surface area contributed by atoms with Crippen molar-refractivity contribution in [3.05, 3.63) is 64.1 Å². The first-order valence-corrected chi connectivity index (χ1v) is 6.68. The number of carbonyl (C=O) groups is 1. The summed E-state index contributed by atoms with van der Waals surface area (Å²) in [6, 6.07) is 14.1. The van der Waals surface area contributed by atoms with Gasteiger partial charge in [0, 0.05) is 10.2 Å². The number of carboxylic acids is 1. The van der Waals surface area contributed by atoms with Gasteiger partial charge in [-0.25, -0.2) is 4.79 Å². The highest BCUT2D eigenvalue weighted by Gasteiger charge is 2.20. The fourth-order valence-electron chi connectivity index (χ4n) is 1.85. The molecule has 0 heterocycles. The standard InChI is InChI=1S/C15H14BrNO2/c1-10-6-5-9-12(13(10)16)17-14(15(18)19)11-7-3-2-4-8-11/h2-9,14,17H,1H3,(H,18,19). The van der Waals surface area contributed by atoms with Crippen LogP contribution in [0, 0.1) is 6.92 Å². The molecule has 0 aliphatic heterocycles. The molecule has 0 spiro atoms. The van der Waals surface area contributed by atoms with Crippen LogP contribution < -0.4 is 5.32 Å². The average Bonchev–Trinajstić information content (AvgIpc) is 2.41. The molecule has 1 unspecified atom stereocenters. The van der Waals surface area contributed by atoms with Crippen molar-refractivity contribution in [3.8, 4) is 0 Å². The van der Waals surface area contributed by atoms with Crippen molar-refractivity contribution in [3.63, 3.8) is 0 Å². The second-order valence-electron chi connectivity index (χ2n) is 4.26. The molecule has 3 nitrogen and oxygen atoms in total. The fraction of sp³-hybridized carbons (Fsp3) is 0.133. The van der Waals surface area contributed by atoms with E-state index in [1.807, 2.05) is 43.3 Å². The molecular weight excluding hydrogens is 306 g/mol. The van der Waals surface area contributed by atoms with Crippen molar-refractivity contribution in [1.82, 2.24) is 0 Å². The minimum atomic E-state index is -0.903. The smallest absolute Gasteiger partial charge is 0.330 e. The molecule has 1 atom stereocenters. The van der Waals surface area contributed by atoms with Crippen LogP contribution in [0.1, 0.15) is 17.2 Å². The summed E-state index contributed by atoms with van der Waals surface area (Å²) in [5.41, 5.74) is 2.56. The van der Waals surface area contributed by atoms with E-state index in [0.717, 1.165) is 21.3 Å². The third kappa shape index (κ3) is 3.15. The maximum Gasteiger partial charge on any atom is 0.330 e. The Balaban J connectivity index is 2.32. The van der Waals surface area contributed by atoms with Gasteiger partial charge in [-0.2, -0.15) is 0 Å². The first-order valence-electron chi connectivity index (χ1n) is 5.89. The molecule has 4 heteroatoms. The summed E-state index contributed by atoms with van der Waals surface area (Å²) in [4.78, 5) is 11.4. The van der Waals surface area contributed by atoms with E-state index in [9.17, 15) is 9.90 Å². The van der Waals surface area contributed by atoms with Gasteiger partial charge < -0.3 is 10.4 Å². The molecule has 0 fully saturated rings. The van der Waals surface area contributed by atoms with Gasteiger partial charge in [-0.05, 0) is 40.0 Å². The highest BCUT2D eigenvalue weighted by atomic mass is 79.9. The van der Waals surface area contributed by atoms with Crippen molar-refractivity contribution in [2.75, 3.05) is 5.32 Å². The first-order chi connectivity index (χ1) is 9.09. The van der Waals surface area contributed by atoms with Crippen LogP contribution in [0.15, 0.2) is 53.0 Å². The number of nitrogens with one attached hydrogen (secondary N) is 1. The summed E-state index contributed by atoms with van der Waals surface area (Å²) in [5.74, 6) is -0.903. The average molecular weight is 320 g/mol. The predicted octanol–water partition coefficient (Wildman–Crippen LogP) is 4.00. The Kier molecular flexibility index (Phi) is 4.22. The molecule has 0 amide bonds. The number of hydrogen-bond acceptors (Lipinski definition) is 2. The molecule has 2 aromatic carbocycles. The van der Waals surface area contributed by atoms with E-state index >= 15 is 0 Å². The van der Waals surface area contributed by atoms with Crippen LogP contribution in [0.2, 0.25) is 0 Å². The zero-order chi connectivity index (χ0) is 13.8. The van der Waals surface area contributed by atoms with E-state index in [1.54, 1.807) is 12.1 Å². The van der Waals surface area contributed by atoms with E-state index < -0.39 is 12.0 Å². The molecule has 2 N–H and O–H groups in total. The number of halogens is 1. The van der Waals surface area contributed by atoms with Crippen LogP contribution in [0.3, 0.4) is 0 Å². The highest BCUT2D eigenvalue weighted by molar-refractivity contribution is 9.10. The minimum Gasteiger partial charge on any atom is -0.479 e. The Labute approximate surface area is 120 Å². The predicted molar refractivity (Wildman–Crippen MR) is 79.3 cm³/mol. The molecule has 0 saturated heterocycles. The van der Waals surface area contributed by atoms with Gasteiger partial charge in [0.2, 0.25) is 0 Å². The Bertz CT molecular complexity index is 584. The molecule has 19 heavy (non-hydrogen) atoms. The summed E-state index contributed by atoms with van der Waals surface area (Å²) in [6.07, 6.45) is 0. The second kappa shape index (κ2) is 5.89. The third-order valence-corrected chi connectivity index (χ3v) is 3.92. The summed E-state index contributed by atoms with van der Waals surface area (Å²) in [5, 5.41) is 12.4. The maximum absolute atomic E-state index is 11.4. The van der Waals surface area contributed by atoms with Gasteiger partial charge in [-0.15, -0.1) is 0 Å². The zero-order valence-corrected chi connectivity index (χ0v) is 12.0. The van der Waals surface area contributed by atoms with Crippen LogP contribution in [-0.2, 0) is 4.79 Å². The molecule has 0 aliphatic rings. The van der Waals surface area contributed by atoms with Gasteiger partial charge in [0.1, 0.15) is 0 Å². The zero-order valence-electron chi connectivity index (χ0n) is 10.4. The molecular formula is C15H14BrNO2. The Hall–Kier alpha value is -1.81. The van der Waals surface area contributed by atoms with Gasteiger partial charge in [-0.1, -0.05) is 42.5 Å². The van der Waals surface area contributed by atoms with E-state index in [0.29, 0.717) is 0 Å². The lowest BCUT2D eigenvalue weighted by molar-refractivity contribution is -0.138. The minimum absolute atomic E-state index is 0.725. The molecule has 98 valence electrons. The Morgan fingerprint density at radius 3 is 2.47 bits per heavy atom. The Morgan fingerprint density at radius 1 is 1.16 bits per heavy atom. The number of aryl methyl sites for hydroxylation is 1. The van der Waals surface area contributed by atoms with Gasteiger partial charge in [0.15, 0.2) is 6.04 Å². The molecule has 0 aromatic heterocycles. The lowest BCUT2D eigenvalue weighted by atomic mass is 10.1. The maximum atomic E-state index is 11.4. The van der Waals surface area contributed by atoms with Gasteiger partial charge in [0.25, 0.3) is 0 Å². The van der Waals surface area contributed by atoms with Crippen LogP contribution in [0.5, 0.6) is 0 Å². The lowest BCUT2D eigenvalue weighted by Gasteiger charge is -2.18. The number of hydrogen-bond donors (Lipinski definition) is 2. The lowest BCUT2D eigenvalue weighted by Crippen LogP contribution is -2.20. The molecule has 0 aliphatic carbocycles. The van der Waals surface area contributed by atoms with Gasteiger partial charge in [-0.3, -0.25) is 0 Å². The number of benzene rings is 2. The number of aliphatic carboxylic acids is 1. The first kappa shape index (κ1) is 13.6. The van der Waals surface area contributed by atoms with Gasteiger partial charge >= 0.3 is 5.97 Å². The van der Waals surface area contributed by atoms with E-state index in [4.69, 9.17) is 0 Å². The van der Waals surface area contributed by atoms with Crippen molar-refractivity contribution in [1.29, 1.82) is 0 Å². The van der Waals surface area contributed by atoms with Crippen molar-refractivity contribution in [2.45, 2.75) is 13.0 Å². The topological polar surface area (TPSA) is 49.3 Å². The quantitative estimate of drug-likeness (QED) is 0.895. The van der Waals surface area contributed by atoms with Crippen molar-refractivity contribution >= 4 is 27.6 Å². The van der Waals surface area contributed by atoms with E-state index in [1.165, 1.54) is 0 Å². The van der Waals surface area contributed by atoms with E-state index in [-0.39, 0.29) is 0 Å². The molecule has 2 rings (SSSR count). The molecule has 2 aromatic rings. The largest absolute Gasteiger partial charge is 0.479 e. The molecule has 0 saturated carbocycles. The summed E-state index contributed by atoms with van der Waals surface area (Å²) in [6.45, 7) is 1.97. The number of carboxylic acid groups (broad SMARTS) is 1. The molecule has 0 radical (unpaired) electrons. The summed E-state index contributed by atoms with van der Waals surface area (Å²) >= 11 is 3.47. The SMILES string of the molecule is Cc1cccc(NC(C(=O)O)c2ccccc2)c1Br. The van der Waals surface area contributed by atoms with Crippen LogP contribution in [-0.4, -0.2) is 11.1 Å². The normalized spacial score (nSPS) is 11.9. The Morgan fingerprint density at radius 2 is 1.84 bits per heavy atom. The van der Waals surface area contributed by atoms with Crippen LogP contribution in [0.25, 0.3) is 0 Å². The highest BCUT2D eigenvalue weighted by Crippen LogP contribution is 2.29. The van der Waals surface area contributed by atoms with Crippen LogP contribution >= 0.6 is 15.9 Å². The van der Waals surface area contributed by atoms with Crippen molar-refractivity contribution in [2.24, 2.45) is 0 Å². The third-order valence-electron chi connectivity index (χ3n) is 2.87. The number of rotatable bonds is 4.